The number of methoxy groups -OCH3 is 1. The summed E-state index contributed by atoms with van der Waals surface area (Å²) < 4.78 is 37.1. The second-order valence-corrected chi connectivity index (χ2v) is 6.72. The predicted octanol–water partition coefficient (Wildman–Crippen LogP) is 1.72. The average molecular weight is 349 g/mol. The van der Waals surface area contributed by atoms with E-state index in [1.807, 2.05) is 30.3 Å². The lowest BCUT2D eigenvalue weighted by Gasteiger charge is -2.17. The van der Waals surface area contributed by atoms with Crippen LogP contribution in [0.3, 0.4) is 0 Å². The molecule has 0 fully saturated rings. The molecule has 7 heteroatoms. The Morgan fingerprint density at radius 3 is 2.21 bits per heavy atom. The van der Waals surface area contributed by atoms with Crippen LogP contribution in [0.4, 0.5) is 0 Å². The van der Waals surface area contributed by atoms with Gasteiger partial charge in [0.25, 0.3) is 0 Å². The van der Waals surface area contributed by atoms with Crippen LogP contribution in [-0.2, 0) is 30.9 Å². The van der Waals surface area contributed by atoms with Crippen LogP contribution >= 0.6 is 0 Å². The zero-order valence-corrected chi connectivity index (χ0v) is 14.0. The van der Waals surface area contributed by atoms with Crippen LogP contribution in [0.5, 0.6) is 0 Å². The molecular formula is C17H19NO5S. The van der Waals surface area contributed by atoms with Crippen molar-refractivity contribution in [3.63, 3.8) is 0 Å². The lowest BCUT2D eigenvalue weighted by molar-refractivity contribution is -0.144. The maximum atomic E-state index is 12.3. The highest BCUT2D eigenvalue weighted by Crippen LogP contribution is 2.09. The molecule has 6 nitrogen and oxygen atoms in total. The molecule has 2 aromatic carbocycles. The molecule has 0 aliphatic carbocycles. The average Bonchev–Trinajstić information content (AvgIpc) is 2.62. The summed E-state index contributed by atoms with van der Waals surface area (Å²) in [6.45, 7) is 0.134. The second kappa shape index (κ2) is 8.58. The largest absolute Gasteiger partial charge is 0.468 e. The summed E-state index contributed by atoms with van der Waals surface area (Å²) >= 11 is 0. The van der Waals surface area contributed by atoms with E-state index < -0.39 is 22.0 Å². The number of sulfonamides is 1. The van der Waals surface area contributed by atoms with Crippen molar-refractivity contribution in [2.24, 2.45) is 0 Å². The number of carbonyl (C=O) groups excluding carboxylic acids is 1. The molecule has 0 saturated heterocycles. The van der Waals surface area contributed by atoms with E-state index in [1.165, 1.54) is 19.2 Å². The van der Waals surface area contributed by atoms with E-state index in [0.717, 1.165) is 5.56 Å². The zero-order chi connectivity index (χ0) is 17.4. The Hall–Kier alpha value is -2.22. The minimum absolute atomic E-state index is 0.0713. The van der Waals surface area contributed by atoms with Gasteiger partial charge in [-0.2, -0.15) is 4.72 Å². The van der Waals surface area contributed by atoms with Gasteiger partial charge < -0.3 is 9.47 Å². The van der Waals surface area contributed by atoms with Crippen LogP contribution in [0, 0.1) is 0 Å². The summed E-state index contributed by atoms with van der Waals surface area (Å²) in [5.74, 6) is -0.706. The number of carbonyl (C=O) groups is 1. The molecule has 0 aliphatic rings. The lowest BCUT2D eigenvalue weighted by Crippen LogP contribution is -2.44. The third kappa shape index (κ3) is 5.16. The monoisotopic (exact) mass is 349 g/mol. The molecule has 2 rings (SSSR count). The van der Waals surface area contributed by atoms with Crippen molar-refractivity contribution in [3.05, 3.63) is 66.2 Å². The summed E-state index contributed by atoms with van der Waals surface area (Å²) in [7, 11) is -2.64. The second-order valence-electron chi connectivity index (χ2n) is 5.01. The van der Waals surface area contributed by atoms with Crippen LogP contribution < -0.4 is 4.72 Å². The highest BCUT2D eigenvalue weighted by Gasteiger charge is 2.26. The van der Waals surface area contributed by atoms with E-state index in [0.29, 0.717) is 0 Å². The smallest absolute Gasteiger partial charge is 0.326 e. The Labute approximate surface area is 141 Å². The van der Waals surface area contributed by atoms with Crippen molar-refractivity contribution in [2.75, 3.05) is 13.7 Å². The van der Waals surface area contributed by atoms with Gasteiger partial charge in [-0.3, -0.25) is 4.79 Å². The third-order valence-corrected chi connectivity index (χ3v) is 4.72. The van der Waals surface area contributed by atoms with Gasteiger partial charge in [0.05, 0.1) is 25.2 Å². The fourth-order valence-electron chi connectivity index (χ4n) is 2.02. The van der Waals surface area contributed by atoms with Gasteiger partial charge >= 0.3 is 5.97 Å². The molecule has 24 heavy (non-hydrogen) atoms. The first kappa shape index (κ1) is 18.1. The minimum atomic E-state index is -3.84. The van der Waals surface area contributed by atoms with Gasteiger partial charge in [0.2, 0.25) is 10.0 Å². The normalized spacial score (nSPS) is 12.5. The van der Waals surface area contributed by atoms with E-state index in [2.05, 4.69) is 9.46 Å². The standard InChI is InChI=1S/C17H19NO5S/c1-22-17(19)16(13-23-12-14-8-4-2-5-9-14)18-24(20,21)15-10-6-3-7-11-15/h2-11,16,18H,12-13H2,1H3/t16-/m0/s1. The first-order valence-corrected chi connectivity index (χ1v) is 8.78. The molecule has 0 aromatic heterocycles. The Bertz CT molecular complexity index is 747. The number of hydrogen-bond acceptors (Lipinski definition) is 5. The van der Waals surface area contributed by atoms with E-state index in [-0.39, 0.29) is 18.1 Å². The SMILES string of the molecule is COC(=O)[C@H](COCc1ccccc1)NS(=O)(=O)c1ccccc1. The van der Waals surface area contributed by atoms with E-state index in [4.69, 9.17) is 4.74 Å². The third-order valence-electron chi connectivity index (χ3n) is 3.23. The number of nitrogens with one attached hydrogen (secondary N) is 1. The molecule has 1 N–H and O–H groups in total. The summed E-state index contributed by atoms with van der Waals surface area (Å²) in [6.07, 6.45) is 0. The molecule has 0 bridgehead atoms. The van der Waals surface area contributed by atoms with Crippen LogP contribution in [0.2, 0.25) is 0 Å². The van der Waals surface area contributed by atoms with Gasteiger partial charge in [0.1, 0.15) is 6.04 Å². The molecule has 1 atom stereocenters. The van der Waals surface area contributed by atoms with Crippen LogP contribution in [-0.4, -0.2) is 34.1 Å². The summed E-state index contributed by atoms with van der Waals surface area (Å²) in [5.41, 5.74) is 0.923. The van der Waals surface area contributed by atoms with Gasteiger partial charge in [-0.05, 0) is 17.7 Å². The maximum absolute atomic E-state index is 12.3. The summed E-state index contributed by atoms with van der Waals surface area (Å²) in [4.78, 5) is 11.9. The van der Waals surface area contributed by atoms with Gasteiger partial charge in [-0.1, -0.05) is 48.5 Å². The first-order valence-electron chi connectivity index (χ1n) is 7.30. The van der Waals surface area contributed by atoms with Crippen molar-refractivity contribution in [2.45, 2.75) is 17.5 Å². The van der Waals surface area contributed by atoms with Gasteiger partial charge in [-0.25, -0.2) is 8.42 Å². The highest BCUT2D eigenvalue weighted by atomic mass is 32.2. The fraction of sp³-hybridized carbons (Fsp3) is 0.235. The molecule has 0 heterocycles. The molecular weight excluding hydrogens is 330 g/mol. The molecule has 128 valence electrons. The maximum Gasteiger partial charge on any atom is 0.326 e. The van der Waals surface area contributed by atoms with Crippen molar-refractivity contribution < 1.29 is 22.7 Å². The van der Waals surface area contributed by atoms with E-state index in [1.54, 1.807) is 18.2 Å². The van der Waals surface area contributed by atoms with Crippen molar-refractivity contribution in [1.29, 1.82) is 0 Å². The van der Waals surface area contributed by atoms with Gasteiger partial charge in [0.15, 0.2) is 0 Å². The number of benzene rings is 2. The minimum Gasteiger partial charge on any atom is -0.468 e. The van der Waals surface area contributed by atoms with E-state index >= 15 is 0 Å². The molecule has 0 unspecified atom stereocenters. The topological polar surface area (TPSA) is 81.7 Å². The first-order chi connectivity index (χ1) is 11.5. The lowest BCUT2D eigenvalue weighted by atomic mass is 10.2. The molecule has 0 radical (unpaired) electrons. The Morgan fingerprint density at radius 1 is 1.04 bits per heavy atom. The summed E-state index contributed by atoms with van der Waals surface area (Å²) in [5, 5.41) is 0. The number of ether oxygens (including phenoxy) is 2. The number of esters is 1. The van der Waals surface area contributed by atoms with Crippen LogP contribution in [0.25, 0.3) is 0 Å². The fourth-order valence-corrected chi connectivity index (χ4v) is 3.21. The Kier molecular flexibility index (Phi) is 6.48. The van der Waals surface area contributed by atoms with Crippen LogP contribution in [0.15, 0.2) is 65.6 Å². The number of hydrogen-bond donors (Lipinski definition) is 1. The molecule has 0 saturated carbocycles. The molecule has 0 aliphatic heterocycles. The molecule has 0 amide bonds. The number of rotatable bonds is 8. The summed E-state index contributed by atoms with van der Waals surface area (Å²) in [6, 6.07) is 16.1. The van der Waals surface area contributed by atoms with Crippen molar-refractivity contribution >= 4 is 16.0 Å². The molecule has 2 aromatic rings. The Morgan fingerprint density at radius 2 is 1.62 bits per heavy atom. The predicted molar refractivity (Wildman–Crippen MR) is 88.7 cm³/mol. The quantitative estimate of drug-likeness (QED) is 0.734. The van der Waals surface area contributed by atoms with E-state index in [9.17, 15) is 13.2 Å². The van der Waals surface area contributed by atoms with Crippen LogP contribution in [0.1, 0.15) is 5.56 Å². The van der Waals surface area contributed by atoms with Gasteiger partial charge in [-0.15, -0.1) is 0 Å². The Balaban J connectivity index is 2.02. The van der Waals surface area contributed by atoms with Crippen molar-refractivity contribution in [1.82, 2.24) is 4.72 Å². The molecule has 0 spiro atoms. The van der Waals surface area contributed by atoms with Gasteiger partial charge in [0, 0.05) is 0 Å². The highest BCUT2D eigenvalue weighted by molar-refractivity contribution is 7.89. The zero-order valence-electron chi connectivity index (χ0n) is 13.2. The van der Waals surface area contributed by atoms with Crippen molar-refractivity contribution in [3.8, 4) is 0 Å².